The number of ether oxygens (including phenoxy) is 2. The Kier molecular flexibility index (Phi) is 4.91. The Hall–Kier alpha value is -2.36. The van der Waals surface area contributed by atoms with Crippen LogP contribution in [0.3, 0.4) is 0 Å². The standard InChI is InChI=1S/C23H24O3/c1-16-11-14-21(25-15-17-7-3-2-4-8-17)23(26-16)22-19-10-6-5-9-18(19)12-13-20(22)24/h2-10,12-13,16,21,23-24H,11,14-15H2,1H3/t16-,21?,23-/m0/s1. The maximum absolute atomic E-state index is 10.6. The molecule has 3 nitrogen and oxygen atoms in total. The molecule has 1 heterocycles. The second kappa shape index (κ2) is 7.48. The summed E-state index contributed by atoms with van der Waals surface area (Å²) < 4.78 is 12.5. The van der Waals surface area contributed by atoms with Gasteiger partial charge in [0.15, 0.2) is 0 Å². The van der Waals surface area contributed by atoms with E-state index in [-0.39, 0.29) is 24.1 Å². The number of hydrogen-bond donors (Lipinski definition) is 1. The van der Waals surface area contributed by atoms with Gasteiger partial charge in [-0.3, -0.25) is 0 Å². The highest BCUT2D eigenvalue weighted by Gasteiger charge is 2.34. The van der Waals surface area contributed by atoms with Crippen molar-refractivity contribution in [3.8, 4) is 5.75 Å². The Labute approximate surface area is 154 Å². The molecule has 1 N–H and O–H groups in total. The fourth-order valence-corrected chi connectivity index (χ4v) is 3.74. The average molecular weight is 348 g/mol. The number of phenols is 1. The maximum atomic E-state index is 10.6. The molecule has 0 saturated carbocycles. The quantitative estimate of drug-likeness (QED) is 0.689. The summed E-state index contributed by atoms with van der Waals surface area (Å²) >= 11 is 0. The number of aromatic hydroxyl groups is 1. The van der Waals surface area contributed by atoms with Gasteiger partial charge in [-0.25, -0.2) is 0 Å². The Morgan fingerprint density at radius 3 is 2.58 bits per heavy atom. The molecular formula is C23H24O3. The number of hydrogen-bond acceptors (Lipinski definition) is 3. The molecule has 1 saturated heterocycles. The van der Waals surface area contributed by atoms with Crippen LogP contribution in [0.4, 0.5) is 0 Å². The van der Waals surface area contributed by atoms with E-state index in [2.05, 4.69) is 25.1 Å². The summed E-state index contributed by atoms with van der Waals surface area (Å²) in [6.07, 6.45) is 1.68. The van der Waals surface area contributed by atoms with Crippen LogP contribution >= 0.6 is 0 Å². The van der Waals surface area contributed by atoms with Gasteiger partial charge >= 0.3 is 0 Å². The van der Waals surface area contributed by atoms with Crippen molar-refractivity contribution >= 4 is 10.8 Å². The summed E-state index contributed by atoms with van der Waals surface area (Å²) in [5.41, 5.74) is 1.99. The number of rotatable bonds is 4. The normalized spacial score (nSPS) is 23.2. The number of benzene rings is 3. The predicted molar refractivity (Wildman–Crippen MR) is 103 cm³/mol. The van der Waals surface area contributed by atoms with Gasteiger partial charge in [-0.1, -0.05) is 60.7 Å². The van der Waals surface area contributed by atoms with Crippen LogP contribution in [0.2, 0.25) is 0 Å². The first-order valence-electron chi connectivity index (χ1n) is 9.24. The van der Waals surface area contributed by atoms with Gasteiger partial charge < -0.3 is 14.6 Å². The molecule has 3 aromatic rings. The zero-order valence-electron chi connectivity index (χ0n) is 15.0. The van der Waals surface area contributed by atoms with E-state index in [1.54, 1.807) is 6.07 Å². The molecule has 0 amide bonds. The molecule has 1 aliphatic heterocycles. The van der Waals surface area contributed by atoms with Crippen LogP contribution < -0.4 is 0 Å². The maximum Gasteiger partial charge on any atom is 0.122 e. The van der Waals surface area contributed by atoms with Crippen molar-refractivity contribution in [2.75, 3.05) is 0 Å². The first-order valence-corrected chi connectivity index (χ1v) is 9.24. The van der Waals surface area contributed by atoms with Crippen molar-refractivity contribution in [2.24, 2.45) is 0 Å². The summed E-state index contributed by atoms with van der Waals surface area (Å²) in [7, 11) is 0. The van der Waals surface area contributed by atoms with Gasteiger partial charge in [0.25, 0.3) is 0 Å². The third kappa shape index (κ3) is 3.46. The van der Waals surface area contributed by atoms with Crippen LogP contribution in [0.25, 0.3) is 10.8 Å². The Balaban J connectivity index is 1.66. The summed E-state index contributed by atoms with van der Waals surface area (Å²) in [5, 5.41) is 12.7. The third-order valence-electron chi connectivity index (χ3n) is 5.11. The first-order chi connectivity index (χ1) is 12.7. The Morgan fingerprint density at radius 1 is 0.962 bits per heavy atom. The molecule has 1 unspecified atom stereocenters. The van der Waals surface area contributed by atoms with Gasteiger partial charge in [-0.05, 0) is 42.2 Å². The summed E-state index contributed by atoms with van der Waals surface area (Å²) in [4.78, 5) is 0. The fraction of sp³-hybridized carbons (Fsp3) is 0.304. The van der Waals surface area contributed by atoms with E-state index in [0.717, 1.165) is 34.7 Å². The van der Waals surface area contributed by atoms with Crippen LogP contribution in [0.15, 0.2) is 66.7 Å². The molecular weight excluding hydrogens is 324 g/mol. The zero-order valence-corrected chi connectivity index (χ0v) is 15.0. The molecule has 0 aromatic heterocycles. The van der Waals surface area contributed by atoms with E-state index in [4.69, 9.17) is 9.47 Å². The fourth-order valence-electron chi connectivity index (χ4n) is 3.74. The SMILES string of the molecule is C[C@H]1CCC(OCc2ccccc2)[C@@H](c2c(O)ccc3ccccc23)O1. The lowest BCUT2D eigenvalue weighted by atomic mass is 9.91. The Morgan fingerprint density at radius 2 is 1.73 bits per heavy atom. The van der Waals surface area contributed by atoms with Gasteiger partial charge in [-0.2, -0.15) is 0 Å². The predicted octanol–water partition coefficient (Wildman–Crippen LogP) is 5.37. The lowest BCUT2D eigenvalue weighted by molar-refractivity contribution is -0.141. The molecule has 134 valence electrons. The molecule has 0 bridgehead atoms. The summed E-state index contributed by atoms with van der Waals surface area (Å²) in [6, 6.07) is 22.0. The van der Waals surface area contributed by atoms with Crippen molar-refractivity contribution in [1.29, 1.82) is 0 Å². The lowest BCUT2D eigenvalue weighted by Gasteiger charge is -2.36. The molecule has 0 spiro atoms. The van der Waals surface area contributed by atoms with Crippen LogP contribution in [0, 0.1) is 0 Å². The van der Waals surface area contributed by atoms with E-state index in [1.165, 1.54) is 0 Å². The zero-order chi connectivity index (χ0) is 17.9. The van der Waals surface area contributed by atoms with Crippen molar-refractivity contribution in [1.82, 2.24) is 0 Å². The topological polar surface area (TPSA) is 38.7 Å². The van der Waals surface area contributed by atoms with E-state index in [0.29, 0.717) is 6.61 Å². The third-order valence-corrected chi connectivity index (χ3v) is 5.11. The molecule has 26 heavy (non-hydrogen) atoms. The van der Waals surface area contributed by atoms with Gasteiger partial charge in [0, 0.05) is 5.56 Å². The van der Waals surface area contributed by atoms with Crippen LogP contribution in [0.1, 0.15) is 37.0 Å². The van der Waals surface area contributed by atoms with E-state index in [9.17, 15) is 5.11 Å². The monoisotopic (exact) mass is 348 g/mol. The smallest absolute Gasteiger partial charge is 0.122 e. The molecule has 3 aromatic carbocycles. The largest absolute Gasteiger partial charge is 0.508 e. The minimum atomic E-state index is -0.270. The van der Waals surface area contributed by atoms with E-state index < -0.39 is 0 Å². The van der Waals surface area contributed by atoms with Crippen molar-refractivity contribution in [3.63, 3.8) is 0 Å². The van der Waals surface area contributed by atoms with E-state index in [1.807, 2.05) is 42.5 Å². The Bertz CT molecular complexity index is 875. The average Bonchev–Trinajstić information content (AvgIpc) is 2.68. The summed E-state index contributed by atoms with van der Waals surface area (Å²) in [5.74, 6) is 0.274. The highest BCUT2D eigenvalue weighted by Crippen LogP contribution is 2.41. The van der Waals surface area contributed by atoms with Crippen LogP contribution in [-0.2, 0) is 16.1 Å². The molecule has 3 heteroatoms. The second-order valence-corrected chi connectivity index (χ2v) is 7.00. The molecule has 0 aliphatic carbocycles. The molecule has 3 atom stereocenters. The van der Waals surface area contributed by atoms with Gasteiger partial charge in [0.05, 0.1) is 18.8 Å². The number of phenolic OH excluding ortho intramolecular Hbond substituents is 1. The highest BCUT2D eigenvalue weighted by molar-refractivity contribution is 5.88. The summed E-state index contributed by atoms with van der Waals surface area (Å²) in [6.45, 7) is 2.63. The molecule has 4 rings (SSSR count). The van der Waals surface area contributed by atoms with Crippen molar-refractivity contribution in [3.05, 3.63) is 77.9 Å². The van der Waals surface area contributed by atoms with Gasteiger partial charge in [0.2, 0.25) is 0 Å². The molecule has 1 fully saturated rings. The minimum absolute atomic E-state index is 0.0805. The van der Waals surface area contributed by atoms with Gasteiger partial charge in [-0.15, -0.1) is 0 Å². The second-order valence-electron chi connectivity index (χ2n) is 7.00. The van der Waals surface area contributed by atoms with Crippen molar-refractivity contribution < 1.29 is 14.6 Å². The van der Waals surface area contributed by atoms with Crippen LogP contribution in [0.5, 0.6) is 5.75 Å². The lowest BCUT2D eigenvalue weighted by Crippen LogP contribution is -2.33. The highest BCUT2D eigenvalue weighted by atomic mass is 16.5. The van der Waals surface area contributed by atoms with E-state index >= 15 is 0 Å². The molecule has 1 aliphatic rings. The van der Waals surface area contributed by atoms with Gasteiger partial charge in [0.1, 0.15) is 11.9 Å². The van der Waals surface area contributed by atoms with Crippen LogP contribution in [-0.4, -0.2) is 17.3 Å². The number of fused-ring (bicyclic) bond motifs is 1. The minimum Gasteiger partial charge on any atom is -0.508 e. The van der Waals surface area contributed by atoms with Crippen molar-refractivity contribution in [2.45, 2.75) is 44.7 Å². The molecule has 0 radical (unpaired) electrons. The first kappa shape index (κ1) is 17.1.